The highest BCUT2D eigenvalue weighted by molar-refractivity contribution is 5.91. The molecule has 0 amide bonds. The van der Waals surface area contributed by atoms with Gasteiger partial charge in [0.2, 0.25) is 11.2 Å². The van der Waals surface area contributed by atoms with E-state index in [1.807, 2.05) is 44.2 Å². The first-order valence-electron chi connectivity index (χ1n) is 7.60. The van der Waals surface area contributed by atoms with E-state index in [0.29, 0.717) is 16.9 Å². The molecule has 0 aliphatic heterocycles. The van der Waals surface area contributed by atoms with Crippen molar-refractivity contribution >= 4 is 11.0 Å². The molecule has 2 aromatic carbocycles. The number of methoxy groups -OCH3 is 1. The molecule has 0 spiro atoms. The van der Waals surface area contributed by atoms with Gasteiger partial charge < -0.3 is 19.0 Å². The number of phenolic OH excluding ortho intramolecular Hbond substituents is 1. The Bertz CT molecular complexity index is 926. The Morgan fingerprint density at radius 3 is 2.50 bits per heavy atom. The number of ether oxygens (including phenoxy) is 2. The van der Waals surface area contributed by atoms with E-state index in [2.05, 4.69) is 0 Å². The Kier molecular flexibility index (Phi) is 4.16. The van der Waals surface area contributed by atoms with Crippen LogP contribution in [-0.2, 0) is 0 Å². The second-order valence-corrected chi connectivity index (χ2v) is 5.64. The lowest BCUT2D eigenvalue weighted by atomic mass is 10.0. The largest absolute Gasteiger partial charge is 0.504 e. The van der Waals surface area contributed by atoms with Gasteiger partial charge in [-0.15, -0.1) is 0 Å². The van der Waals surface area contributed by atoms with Crippen molar-refractivity contribution in [2.45, 2.75) is 20.0 Å². The van der Waals surface area contributed by atoms with Crippen molar-refractivity contribution in [2.75, 3.05) is 7.11 Å². The fraction of sp³-hybridized carbons (Fsp3) is 0.211. The van der Waals surface area contributed by atoms with E-state index < -0.39 is 0 Å². The van der Waals surface area contributed by atoms with Crippen LogP contribution in [0, 0.1) is 0 Å². The van der Waals surface area contributed by atoms with E-state index in [1.165, 1.54) is 13.4 Å². The highest BCUT2D eigenvalue weighted by Gasteiger charge is 2.21. The van der Waals surface area contributed by atoms with Crippen molar-refractivity contribution in [3.8, 4) is 28.4 Å². The monoisotopic (exact) mass is 326 g/mol. The normalized spacial score (nSPS) is 11.0. The third-order valence-electron chi connectivity index (χ3n) is 3.61. The van der Waals surface area contributed by atoms with Crippen LogP contribution in [-0.4, -0.2) is 18.3 Å². The topological polar surface area (TPSA) is 68.9 Å². The number of rotatable bonds is 4. The smallest absolute Gasteiger partial charge is 0.204 e. The predicted molar refractivity (Wildman–Crippen MR) is 91.9 cm³/mol. The molecule has 0 unspecified atom stereocenters. The molecule has 0 fully saturated rings. The molecule has 124 valence electrons. The summed E-state index contributed by atoms with van der Waals surface area (Å²) in [5.41, 5.74) is 1.01. The first-order chi connectivity index (χ1) is 11.5. The third kappa shape index (κ3) is 2.69. The Labute approximate surface area is 139 Å². The molecule has 24 heavy (non-hydrogen) atoms. The van der Waals surface area contributed by atoms with Crippen molar-refractivity contribution in [1.82, 2.24) is 0 Å². The van der Waals surface area contributed by atoms with E-state index in [0.717, 1.165) is 0 Å². The molecule has 1 N–H and O–H groups in total. The van der Waals surface area contributed by atoms with Crippen LogP contribution in [0.25, 0.3) is 22.1 Å². The first kappa shape index (κ1) is 15.9. The SMILES string of the molecule is COc1c(OC(C)C)cc2occ(-c3ccccc3)c(=O)c2c1O. The minimum atomic E-state index is -0.325. The van der Waals surface area contributed by atoms with Gasteiger partial charge in [-0.25, -0.2) is 0 Å². The fourth-order valence-corrected chi connectivity index (χ4v) is 2.58. The van der Waals surface area contributed by atoms with E-state index in [1.54, 1.807) is 6.07 Å². The molecule has 3 rings (SSSR count). The summed E-state index contributed by atoms with van der Waals surface area (Å²) in [6.07, 6.45) is 1.27. The van der Waals surface area contributed by atoms with Crippen LogP contribution < -0.4 is 14.9 Å². The van der Waals surface area contributed by atoms with Crippen LogP contribution >= 0.6 is 0 Å². The van der Waals surface area contributed by atoms with E-state index >= 15 is 0 Å². The zero-order valence-electron chi connectivity index (χ0n) is 13.7. The molecule has 0 aliphatic carbocycles. The number of benzene rings is 2. The highest BCUT2D eigenvalue weighted by Crippen LogP contribution is 2.42. The summed E-state index contributed by atoms with van der Waals surface area (Å²) in [6.45, 7) is 3.71. The summed E-state index contributed by atoms with van der Waals surface area (Å²) in [6, 6.07) is 10.7. The second kappa shape index (κ2) is 6.28. The van der Waals surface area contributed by atoms with Gasteiger partial charge in [0.25, 0.3) is 0 Å². The summed E-state index contributed by atoms with van der Waals surface area (Å²) in [5.74, 6) is 0.166. The van der Waals surface area contributed by atoms with Gasteiger partial charge in [0.05, 0.1) is 18.8 Å². The van der Waals surface area contributed by atoms with E-state index in [9.17, 15) is 9.90 Å². The molecule has 0 atom stereocenters. The van der Waals surface area contributed by atoms with Gasteiger partial charge in [-0.05, 0) is 19.4 Å². The van der Waals surface area contributed by atoms with Crippen molar-refractivity contribution in [3.05, 3.63) is 52.9 Å². The Hall–Kier alpha value is -2.95. The molecular weight excluding hydrogens is 308 g/mol. The molecule has 5 heteroatoms. The summed E-state index contributed by atoms with van der Waals surface area (Å²) in [7, 11) is 1.41. The summed E-state index contributed by atoms with van der Waals surface area (Å²) < 4.78 is 16.4. The van der Waals surface area contributed by atoms with Gasteiger partial charge in [-0.1, -0.05) is 30.3 Å². The average molecular weight is 326 g/mol. The van der Waals surface area contributed by atoms with Gasteiger partial charge in [0.15, 0.2) is 11.5 Å². The standard InChI is InChI=1S/C19H18O5/c1-11(2)24-15-9-14-16(18(21)19(15)22-3)17(20)13(10-23-14)12-7-5-4-6-8-12/h4-11,21H,1-3H3. The fourth-order valence-electron chi connectivity index (χ4n) is 2.58. The molecular formula is C19H18O5. The lowest BCUT2D eigenvalue weighted by Crippen LogP contribution is -2.09. The van der Waals surface area contributed by atoms with Crippen molar-refractivity contribution in [2.24, 2.45) is 0 Å². The zero-order chi connectivity index (χ0) is 17.3. The van der Waals surface area contributed by atoms with Crippen LogP contribution in [0.2, 0.25) is 0 Å². The van der Waals surface area contributed by atoms with Crippen LogP contribution in [0.15, 0.2) is 51.9 Å². The van der Waals surface area contributed by atoms with Crippen LogP contribution in [0.5, 0.6) is 17.2 Å². The molecule has 1 heterocycles. The highest BCUT2D eigenvalue weighted by atomic mass is 16.5. The number of hydrogen-bond donors (Lipinski definition) is 1. The van der Waals surface area contributed by atoms with Crippen LogP contribution in [0.4, 0.5) is 0 Å². The quantitative estimate of drug-likeness (QED) is 0.786. The number of fused-ring (bicyclic) bond motifs is 1. The predicted octanol–water partition coefficient (Wildman–Crippen LogP) is 3.96. The molecule has 0 radical (unpaired) electrons. The molecule has 3 aromatic rings. The maximum absolute atomic E-state index is 12.8. The zero-order valence-corrected chi connectivity index (χ0v) is 13.7. The maximum Gasteiger partial charge on any atom is 0.204 e. The third-order valence-corrected chi connectivity index (χ3v) is 3.61. The van der Waals surface area contributed by atoms with Crippen LogP contribution in [0.1, 0.15) is 13.8 Å². The Morgan fingerprint density at radius 2 is 1.88 bits per heavy atom. The maximum atomic E-state index is 12.8. The molecule has 0 aliphatic rings. The molecule has 0 saturated carbocycles. The minimum absolute atomic E-state index is 0.0734. The van der Waals surface area contributed by atoms with E-state index in [4.69, 9.17) is 13.9 Å². The molecule has 0 bridgehead atoms. The number of phenols is 1. The molecule has 1 aromatic heterocycles. The van der Waals surface area contributed by atoms with Crippen LogP contribution in [0.3, 0.4) is 0 Å². The Morgan fingerprint density at radius 1 is 1.17 bits per heavy atom. The van der Waals surface area contributed by atoms with E-state index in [-0.39, 0.29) is 34.0 Å². The number of hydrogen-bond acceptors (Lipinski definition) is 5. The Balaban J connectivity index is 2.29. The lowest BCUT2D eigenvalue weighted by molar-refractivity contribution is 0.227. The summed E-state index contributed by atoms with van der Waals surface area (Å²) in [4.78, 5) is 12.8. The van der Waals surface area contributed by atoms with Crippen molar-refractivity contribution < 1.29 is 19.0 Å². The lowest BCUT2D eigenvalue weighted by Gasteiger charge is -2.15. The second-order valence-electron chi connectivity index (χ2n) is 5.64. The molecule has 5 nitrogen and oxygen atoms in total. The van der Waals surface area contributed by atoms with Crippen molar-refractivity contribution in [3.63, 3.8) is 0 Å². The van der Waals surface area contributed by atoms with Gasteiger partial charge >= 0.3 is 0 Å². The van der Waals surface area contributed by atoms with Gasteiger partial charge in [-0.3, -0.25) is 4.79 Å². The summed E-state index contributed by atoms with van der Waals surface area (Å²) in [5, 5.41) is 10.6. The summed E-state index contributed by atoms with van der Waals surface area (Å²) >= 11 is 0. The van der Waals surface area contributed by atoms with Gasteiger partial charge in [0.1, 0.15) is 17.2 Å². The number of aromatic hydroxyl groups is 1. The minimum Gasteiger partial charge on any atom is -0.504 e. The average Bonchev–Trinajstić information content (AvgIpc) is 2.55. The first-order valence-corrected chi connectivity index (χ1v) is 7.60. The molecule has 0 saturated heterocycles. The van der Waals surface area contributed by atoms with Gasteiger partial charge in [0, 0.05) is 6.07 Å². The van der Waals surface area contributed by atoms with Crippen molar-refractivity contribution in [1.29, 1.82) is 0 Å². The van der Waals surface area contributed by atoms with Gasteiger partial charge in [-0.2, -0.15) is 0 Å².